The summed E-state index contributed by atoms with van der Waals surface area (Å²) in [7, 11) is 0. The number of hydrogen-bond donors (Lipinski definition) is 4. The summed E-state index contributed by atoms with van der Waals surface area (Å²) in [6.45, 7) is 7.64. The standard InChI is InChI=1S/C15H26N6O.ClH/c1-4-7-17-15(16)11-13(19-12(18-11)9(2)3)21(14(22)20-15)8-10-5-6-10;/h9-10,17H,4-8,16H2,1-3H3,(H,18,19)(H,20,22);1H. The van der Waals surface area contributed by atoms with Gasteiger partial charge >= 0.3 is 6.03 Å². The minimum absolute atomic E-state index is 0. The molecule has 23 heavy (non-hydrogen) atoms. The molecule has 0 spiro atoms. The number of amides is 2. The lowest BCUT2D eigenvalue weighted by Crippen LogP contribution is -2.68. The first kappa shape index (κ1) is 18.0. The number of carbonyl (C=O) groups excluding carboxylic acids is 1. The highest BCUT2D eigenvalue weighted by Crippen LogP contribution is 2.36. The van der Waals surface area contributed by atoms with Crippen molar-refractivity contribution in [1.29, 1.82) is 0 Å². The van der Waals surface area contributed by atoms with Crippen LogP contribution < -0.4 is 21.3 Å². The van der Waals surface area contributed by atoms with E-state index in [2.05, 4.69) is 41.4 Å². The van der Waals surface area contributed by atoms with Crippen LogP contribution in [0.25, 0.3) is 0 Å². The summed E-state index contributed by atoms with van der Waals surface area (Å²) in [4.78, 5) is 22.2. The molecule has 3 rings (SSSR count). The molecule has 1 saturated carbocycles. The molecule has 2 amide bonds. The molecule has 1 aromatic rings. The highest BCUT2D eigenvalue weighted by atomic mass is 35.5. The Morgan fingerprint density at radius 1 is 1.48 bits per heavy atom. The molecular formula is C15H27ClN6O. The second kappa shape index (κ2) is 6.67. The summed E-state index contributed by atoms with van der Waals surface area (Å²) < 4.78 is 0. The number of rotatable bonds is 6. The highest BCUT2D eigenvalue weighted by Gasteiger charge is 2.44. The monoisotopic (exact) mass is 342 g/mol. The third-order valence-corrected chi connectivity index (χ3v) is 4.24. The summed E-state index contributed by atoms with van der Waals surface area (Å²) in [6.07, 6.45) is 3.30. The molecule has 1 fully saturated rings. The predicted octanol–water partition coefficient (Wildman–Crippen LogP) is 1.96. The van der Waals surface area contributed by atoms with Gasteiger partial charge in [0.1, 0.15) is 11.5 Å². The summed E-state index contributed by atoms with van der Waals surface area (Å²) in [5.41, 5.74) is 7.18. The Morgan fingerprint density at radius 2 is 2.17 bits per heavy atom. The van der Waals surface area contributed by atoms with Gasteiger partial charge in [-0.25, -0.2) is 9.78 Å². The maximum atomic E-state index is 12.5. The maximum Gasteiger partial charge on any atom is 0.325 e. The number of urea groups is 1. The van der Waals surface area contributed by atoms with Crippen molar-refractivity contribution in [1.82, 2.24) is 20.6 Å². The van der Waals surface area contributed by atoms with E-state index in [1.54, 1.807) is 4.90 Å². The number of nitrogens with two attached hydrogens (primary N) is 1. The Bertz CT molecular complexity index is 570. The summed E-state index contributed by atoms with van der Waals surface area (Å²) >= 11 is 0. The molecule has 8 heteroatoms. The fourth-order valence-corrected chi connectivity index (χ4v) is 2.70. The Morgan fingerprint density at radius 3 is 2.74 bits per heavy atom. The van der Waals surface area contributed by atoms with Gasteiger partial charge in [0.05, 0.1) is 0 Å². The van der Waals surface area contributed by atoms with Gasteiger partial charge in [-0.2, -0.15) is 0 Å². The summed E-state index contributed by atoms with van der Waals surface area (Å²) in [6, 6.07) is -0.174. The van der Waals surface area contributed by atoms with Crippen molar-refractivity contribution < 1.29 is 4.79 Å². The first-order chi connectivity index (χ1) is 10.4. The molecule has 1 aliphatic heterocycles. The van der Waals surface area contributed by atoms with Crippen molar-refractivity contribution in [3.05, 3.63) is 11.5 Å². The normalized spacial score (nSPS) is 23.5. The maximum absolute atomic E-state index is 12.5. The lowest BCUT2D eigenvalue weighted by molar-refractivity contribution is 0.210. The van der Waals surface area contributed by atoms with E-state index in [1.165, 1.54) is 12.8 Å². The van der Waals surface area contributed by atoms with Gasteiger partial charge in [-0.15, -0.1) is 12.4 Å². The van der Waals surface area contributed by atoms with E-state index < -0.39 is 5.79 Å². The number of H-pyrrole nitrogens is 1. The molecule has 0 saturated heterocycles. The summed E-state index contributed by atoms with van der Waals surface area (Å²) in [5, 5.41) is 6.13. The minimum Gasteiger partial charge on any atom is -0.340 e. The molecule has 0 aromatic carbocycles. The van der Waals surface area contributed by atoms with E-state index in [0.29, 0.717) is 18.3 Å². The van der Waals surface area contributed by atoms with Gasteiger partial charge in [0, 0.05) is 12.5 Å². The molecule has 0 bridgehead atoms. The molecule has 1 unspecified atom stereocenters. The van der Waals surface area contributed by atoms with Crippen molar-refractivity contribution in [2.45, 2.75) is 51.7 Å². The van der Waals surface area contributed by atoms with Crippen LogP contribution >= 0.6 is 12.4 Å². The smallest absolute Gasteiger partial charge is 0.325 e. The van der Waals surface area contributed by atoms with Crippen molar-refractivity contribution in [2.75, 3.05) is 18.0 Å². The SMILES string of the molecule is CCCNC1(N)NC(=O)N(CC2CC2)c2nc(C(C)C)[nH]c21.Cl. The average molecular weight is 343 g/mol. The fourth-order valence-electron chi connectivity index (χ4n) is 2.70. The van der Waals surface area contributed by atoms with Gasteiger partial charge in [-0.1, -0.05) is 20.8 Å². The Kier molecular flexibility index (Phi) is 5.23. The second-order valence-corrected chi connectivity index (χ2v) is 6.69. The van der Waals surface area contributed by atoms with Gasteiger partial charge < -0.3 is 10.3 Å². The third-order valence-electron chi connectivity index (χ3n) is 4.24. The molecule has 2 heterocycles. The quantitative estimate of drug-likeness (QED) is 0.594. The molecule has 130 valence electrons. The van der Waals surface area contributed by atoms with Crippen molar-refractivity contribution in [3.8, 4) is 0 Å². The van der Waals surface area contributed by atoms with E-state index in [1.807, 2.05) is 0 Å². The first-order valence-corrected chi connectivity index (χ1v) is 8.18. The van der Waals surface area contributed by atoms with Gasteiger partial charge in [-0.3, -0.25) is 16.0 Å². The van der Waals surface area contributed by atoms with Crippen LogP contribution in [0.3, 0.4) is 0 Å². The molecule has 2 aliphatic rings. The van der Waals surface area contributed by atoms with Crippen LogP contribution in [0.2, 0.25) is 0 Å². The number of anilines is 1. The predicted molar refractivity (Wildman–Crippen MR) is 92.7 cm³/mol. The fraction of sp³-hybridized carbons (Fsp3) is 0.733. The number of aromatic amines is 1. The average Bonchev–Trinajstić information content (AvgIpc) is 3.16. The highest BCUT2D eigenvalue weighted by molar-refractivity contribution is 5.94. The number of fused-ring (bicyclic) bond motifs is 1. The van der Waals surface area contributed by atoms with E-state index in [-0.39, 0.29) is 24.4 Å². The number of imidazole rings is 1. The first-order valence-electron chi connectivity index (χ1n) is 8.18. The second-order valence-electron chi connectivity index (χ2n) is 6.69. The van der Waals surface area contributed by atoms with Crippen LogP contribution in [-0.4, -0.2) is 29.1 Å². The molecule has 1 aliphatic carbocycles. The van der Waals surface area contributed by atoms with Crippen LogP contribution in [0.5, 0.6) is 0 Å². The van der Waals surface area contributed by atoms with Crippen LogP contribution in [0, 0.1) is 5.92 Å². The Hall–Kier alpha value is -1.31. The molecule has 5 N–H and O–H groups in total. The van der Waals surface area contributed by atoms with Crippen LogP contribution in [0.1, 0.15) is 57.5 Å². The topological polar surface area (TPSA) is 99.1 Å². The van der Waals surface area contributed by atoms with Crippen LogP contribution in [-0.2, 0) is 5.79 Å². The lowest BCUT2D eigenvalue weighted by Gasteiger charge is -2.39. The van der Waals surface area contributed by atoms with Gasteiger partial charge in [0.2, 0.25) is 0 Å². The molecule has 0 radical (unpaired) electrons. The van der Waals surface area contributed by atoms with E-state index in [4.69, 9.17) is 5.73 Å². The van der Waals surface area contributed by atoms with E-state index in [9.17, 15) is 4.79 Å². The number of aromatic nitrogens is 2. The van der Waals surface area contributed by atoms with Crippen molar-refractivity contribution in [2.24, 2.45) is 11.7 Å². The number of nitrogens with zero attached hydrogens (tertiary/aromatic N) is 2. The number of halogens is 1. The van der Waals surface area contributed by atoms with Crippen LogP contribution in [0.15, 0.2) is 0 Å². The van der Waals surface area contributed by atoms with Crippen LogP contribution in [0.4, 0.5) is 10.6 Å². The third kappa shape index (κ3) is 3.46. The Balaban J connectivity index is 0.00000192. The van der Waals surface area contributed by atoms with Gasteiger partial charge in [0.25, 0.3) is 0 Å². The zero-order valence-corrected chi connectivity index (χ0v) is 14.8. The molecular weight excluding hydrogens is 316 g/mol. The molecule has 1 atom stereocenters. The zero-order valence-electron chi connectivity index (χ0n) is 14.0. The van der Waals surface area contributed by atoms with E-state index in [0.717, 1.165) is 24.5 Å². The van der Waals surface area contributed by atoms with Gasteiger partial charge in [-0.05, 0) is 31.7 Å². The number of hydrogen-bond acceptors (Lipinski definition) is 4. The Labute approximate surface area is 143 Å². The van der Waals surface area contributed by atoms with Gasteiger partial charge in [0.15, 0.2) is 11.6 Å². The van der Waals surface area contributed by atoms with Crippen molar-refractivity contribution in [3.63, 3.8) is 0 Å². The lowest BCUT2D eigenvalue weighted by atomic mass is 10.1. The number of carbonyl (C=O) groups is 1. The summed E-state index contributed by atoms with van der Waals surface area (Å²) in [5.74, 6) is 1.29. The largest absolute Gasteiger partial charge is 0.340 e. The zero-order chi connectivity index (χ0) is 15.9. The van der Waals surface area contributed by atoms with Crippen molar-refractivity contribution >= 4 is 24.3 Å². The minimum atomic E-state index is -1.08. The van der Waals surface area contributed by atoms with E-state index >= 15 is 0 Å². The molecule has 7 nitrogen and oxygen atoms in total. The number of nitrogens with one attached hydrogen (secondary N) is 3. The molecule has 1 aromatic heterocycles.